The highest BCUT2D eigenvalue weighted by Crippen LogP contribution is 2.13. The van der Waals surface area contributed by atoms with Crippen LogP contribution in [0.3, 0.4) is 0 Å². The third-order valence-electron chi connectivity index (χ3n) is 2.12. The highest BCUT2D eigenvalue weighted by molar-refractivity contribution is 8.13. The molecule has 1 rings (SSSR count). The van der Waals surface area contributed by atoms with Crippen molar-refractivity contribution in [2.45, 2.75) is 11.8 Å². The van der Waals surface area contributed by atoms with Crippen molar-refractivity contribution >= 4 is 41.4 Å². The van der Waals surface area contributed by atoms with E-state index in [-0.39, 0.29) is 17.3 Å². The highest BCUT2D eigenvalue weighted by Gasteiger charge is 2.15. The number of benzene rings is 1. The lowest BCUT2D eigenvalue weighted by Crippen LogP contribution is -2.28. The van der Waals surface area contributed by atoms with Gasteiger partial charge >= 0.3 is 0 Å². The molecule has 0 bridgehead atoms. The molecule has 0 fully saturated rings. The molecule has 0 aliphatic heterocycles. The summed E-state index contributed by atoms with van der Waals surface area (Å²) < 4.78 is 47.1. The molecular formula is C10H13ClN2O5S2. The van der Waals surface area contributed by atoms with E-state index in [0.717, 1.165) is 0 Å². The van der Waals surface area contributed by atoms with Crippen LogP contribution in [0.4, 0.5) is 5.69 Å². The van der Waals surface area contributed by atoms with Gasteiger partial charge in [0.2, 0.25) is 25.0 Å². The first-order valence-electron chi connectivity index (χ1n) is 5.40. The van der Waals surface area contributed by atoms with Crippen LogP contribution in [-0.2, 0) is 23.9 Å². The highest BCUT2D eigenvalue weighted by atomic mass is 35.7. The van der Waals surface area contributed by atoms with Gasteiger partial charge in [0.1, 0.15) is 0 Å². The fourth-order valence-electron chi connectivity index (χ4n) is 1.30. The first-order chi connectivity index (χ1) is 9.10. The van der Waals surface area contributed by atoms with Crippen molar-refractivity contribution in [3.05, 3.63) is 24.3 Å². The molecule has 112 valence electrons. The van der Waals surface area contributed by atoms with Crippen molar-refractivity contribution < 1.29 is 21.6 Å². The number of hydrogen-bond acceptors (Lipinski definition) is 5. The van der Waals surface area contributed by atoms with Gasteiger partial charge in [0.05, 0.1) is 10.6 Å². The second-order valence-electron chi connectivity index (χ2n) is 3.85. The van der Waals surface area contributed by atoms with Crippen molar-refractivity contribution in [1.82, 2.24) is 4.72 Å². The van der Waals surface area contributed by atoms with E-state index >= 15 is 0 Å². The molecule has 10 heteroatoms. The zero-order valence-electron chi connectivity index (χ0n) is 10.5. The maximum absolute atomic E-state index is 11.8. The number of anilines is 1. The van der Waals surface area contributed by atoms with E-state index < -0.39 is 24.8 Å². The van der Waals surface area contributed by atoms with Gasteiger partial charge < -0.3 is 5.32 Å². The average molecular weight is 341 g/mol. The van der Waals surface area contributed by atoms with Crippen LogP contribution in [0.5, 0.6) is 0 Å². The van der Waals surface area contributed by atoms with Crippen LogP contribution in [0.25, 0.3) is 0 Å². The Morgan fingerprint density at radius 3 is 2.15 bits per heavy atom. The van der Waals surface area contributed by atoms with Crippen LogP contribution in [0.15, 0.2) is 29.2 Å². The molecule has 0 radical (unpaired) electrons. The zero-order chi connectivity index (χ0) is 15.4. The quantitative estimate of drug-likeness (QED) is 0.732. The Morgan fingerprint density at radius 1 is 1.15 bits per heavy atom. The fraction of sp³-hybridized carbons (Fsp3) is 0.300. The Kier molecular flexibility index (Phi) is 5.51. The van der Waals surface area contributed by atoms with Gasteiger partial charge in [-0.1, -0.05) is 0 Å². The van der Waals surface area contributed by atoms with Crippen LogP contribution < -0.4 is 10.0 Å². The summed E-state index contributed by atoms with van der Waals surface area (Å²) in [4.78, 5) is 10.8. The Morgan fingerprint density at radius 2 is 1.70 bits per heavy atom. The molecule has 0 saturated carbocycles. The summed E-state index contributed by atoms with van der Waals surface area (Å²) in [6.45, 7) is 1.01. The van der Waals surface area contributed by atoms with E-state index in [4.69, 9.17) is 10.7 Å². The number of halogens is 1. The Bertz CT molecular complexity index is 683. The molecule has 0 spiro atoms. The molecule has 1 amide bonds. The minimum Gasteiger partial charge on any atom is -0.326 e. The number of nitrogens with one attached hydrogen (secondary N) is 2. The van der Waals surface area contributed by atoms with E-state index in [1.807, 2.05) is 0 Å². The van der Waals surface area contributed by atoms with Crippen molar-refractivity contribution in [3.8, 4) is 0 Å². The van der Waals surface area contributed by atoms with E-state index in [9.17, 15) is 21.6 Å². The SMILES string of the molecule is CC(=O)Nc1ccc(S(=O)(=O)NCCS(=O)(=O)Cl)cc1. The van der Waals surface area contributed by atoms with Gasteiger partial charge in [-0.15, -0.1) is 0 Å². The van der Waals surface area contributed by atoms with Crippen molar-refractivity contribution in [3.63, 3.8) is 0 Å². The van der Waals surface area contributed by atoms with E-state index in [1.165, 1.54) is 31.2 Å². The molecule has 0 aliphatic carbocycles. The van der Waals surface area contributed by atoms with Crippen LogP contribution in [0.2, 0.25) is 0 Å². The van der Waals surface area contributed by atoms with Gasteiger partial charge in [0.25, 0.3) is 0 Å². The molecule has 7 nitrogen and oxygen atoms in total. The Labute approximate surface area is 121 Å². The molecule has 0 aliphatic rings. The maximum atomic E-state index is 11.8. The molecule has 0 saturated heterocycles. The summed E-state index contributed by atoms with van der Waals surface area (Å²) in [6, 6.07) is 5.44. The van der Waals surface area contributed by atoms with Gasteiger partial charge in [0, 0.05) is 29.8 Å². The lowest BCUT2D eigenvalue weighted by atomic mass is 10.3. The van der Waals surface area contributed by atoms with Gasteiger partial charge in [-0.25, -0.2) is 21.6 Å². The number of sulfonamides is 1. The average Bonchev–Trinajstić information content (AvgIpc) is 2.26. The molecule has 20 heavy (non-hydrogen) atoms. The van der Waals surface area contributed by atoms with E-state index in [2.05, 4.69) is 10.0 Å². The van der Waals surface area contributed by atoms with Gasteiger partial charge in [0.15, 0.2) is 0 Å². The van der Waals surface area contributed by atoms with Crippen molar-refractivity contribution in [2.75, 3.05) is 17.6 Å². The summed E-state index contributed by atoms with van der Waals surface area (Å²) in [7, 11) is -2.59. The topological polar surface area (TPSA) is 109 Å². The number of carbonyl (C=O) groups excluding carboxylic acids is 1. The maximum Gasteiger partial charge on any atom is 0.240 e. The first kappa shape index (κ1) is 16.9. The van der Waals surface area contributed by atoms with Crippen LogP contribution >= 0.6 is 10.7 Å². The van der Waals surface area contributed by atoms with Crippen LogP contribution in [0.1, 0.15) is 6.92 Å². The minimum absolute atomic E-state index is 0.0430. The number of rotatable bonds is 6. The van der Waals surface area contributed by atoms with Gasteiger partial charge in [-0.2, -0.15) is 0 Å². The summed E-state index contributed by atoms with van der Waals surface area (Å²) in [5.41, 5.74) is 0.458. The standard InChI is InChI=1S/C10H13ClN2O5S2/c1-8(14)13-9-2-4-10(5-3-9)20(17,18)12-6-7-19(11,15)16/h2-5,12H,6-7H2,1H3,(H,13,14). The number of hydrogen-bond donors (Lipinski definition) is 2. The summed E-state index contributed by atoms with van der Waals surface area (Å²) >= 11 is 0. The molecule has 0 atom stereocenters. The van der Waals surface area contributed by atoms with E-state index in [1.54, 1.807) is 0 Å². The lowest BCUT2D eigenvalue weighted by molar-refractivity contribution is -0.114. The second kappa shape index (κ2) is 6.53. The Hall–Kier alpha value is -1.16. The summed E-state index contributed by atoms with van der Waals surface area (Å²) in [5, 5.41) is 2.50. The summed E-state index contributed by atoms with van der Waals surface area (Å²) in [5.74, 6) is -0.774. The Balaban J connectivity index is 2.75. The molecule has 0 unspecified atom stereocenters. The van der Waals surface area contributed by atoms with Crippen molar-refractivity contribution in [2.24, 2.45) is 0 Å². The normalized spacial score (nSPS) is 12.1. The lowest BCUT2D eigenvalue weighted by Gasteiger charge is -2.07. The monoisotopic (exact) mass is 340 g/mol. The third-order valence-corrected chi connectivity index (χ3v) is 4.75. The number of carbonyl (C=O) groups is 1. The minimum atomic E-state index is -3.81. The molecule has 1 aromatic carbocycles. The molecule has 2 N–H and O–H groups in total. The largest absolute Gasteiger partial charge is 0.326 e. The van der Waals surface area contributed by atoms with Crippen molar-refractivity contribution in [1.29, 1.82) is 0 Å². The smallest absolute Gasteiger partial charge is 0.240 e. The predicted octanol–water partition coefficient (Wildman–Crippen LogP) is 0.492. The fourth-order valence-corrected chi connectivity index (χ4v) is 3.04. The zero-order valence-corrected chi connectivity index (χ0v) is 12.8. The van der Waals surface area contributed by atoms with E-state index in [0.29, 0.717) is 5.69 Å². The summed E-state index contributed by atoms with van der Waals surface area (Å²) in [6.07, 6.45) is 0. The third kappa shape index (κ3) is 5.87. The van der Waals surface area contributed by atoms with Crippen LogP contribution in [0, 0.1) is 0 Å². The molecule has 0 aromatic heterocycles. The first-order valence-corrected chi connectivity index (χ1v) is 9.36. The molecule has 0 heterocycles. The van der Waals surface area contributed by atoms with Gasteiger partial charge in [-0.05, 0) is 24.3 Å². The molecule has 1 aromatic rings. The predicted molar refractivity (Wildman–Crippen MR) is 75.6 cm³/mol. The van der Waals surface area contributed by atoms with Crippen LogP contribution in [-0.4, -0.2) is 35.0 Å². The molecular weight excluding hydrogens is 328 g/mol. The number of amides is 1. The van der Waals surface area contributed by atoms with Gasteiger partial charge in [-0.3, -0.25) is 4.79 Å². The second-order valence-corrected chi connectivity index (χ2v) is 8.51.